The average molecular weight is 504 g/mol. The van der Waals surface area contributed by atoms with Gasteiger partial charge in [-0.3, -0.25) is 9.69 Å². The Morgan fingerprint density at radius 2 is 2.14 bits per heavy atom. The van der Waals surface area contributed by atoms with Gasteiger partial charge in [0.25, 0.3) is 5.91 Å². The number of rotatable bonds is 6. The lowest BCUT2D eigenvalue weighted by molar-refractivity contribution is 0.0796. The molecule has 3 N–H and O–H groups in total. The molecule has 10 heteroatoms. The molecule has 0 aliphatic carbocycles. The molecule has 1 amide bonds. The number of halogens is 2. The van der Waals surface area contributed by atoms with Gasteiger partial charge in [0.2, 0.25) is 0 Å². The summed E-state index contributed by atoms with van der Waals surface area (Å²) < 4.78 is 20.3. The summed E-state index contributed by atoms with van der Waals surface area (Å²) in [7, 11) is 0. The van der Waals surface area contributed by atoms with E-state index < -0.39 is 5.82 Å². The first kappa shape index (κ1) is 25.3. The van der Waals surface area contributed by atoms with Crippen LogP contribution in [0.2, 0.25) is 0 Å². The van der Waals surface area contributed by atoms with Crippen LogP contribution in [0.15, 0.2) is 45.3 Å². The Morgan fingerprint density at radius 1 is 1.37 bits per heavy atom. The number of nitrogens with zero attached hydrogens (tertiary/aromatic N) is 3. The van der Waals surface area contributed by atoms with E-state index in [9.17, 15) is 14.3 Å². The third-order valence-electron chi connectivity index (χ3n) is 6.55. The summed E-state index contributed by atoms with van der Waals surface area (Å²) in [5.41, 5.74) is 2.53. The van der Waals surface area contributed by atoms with Gasteiger partial charge >= 0.3 is 0 Å². The number of carbonyl (C=O) groups is 1. The predicted octanol–water partition coefficient (Wildman–Crippen LogP) is 3.27. The highest BCUT2D eigenvalue weighted by atomic mass is 35.5. The number of aliphatic hydroxyl groups excluding tert-OH is 1. The van der Waals surface area contributed by atoms with E-state index in [4.69, 9.17) is 21.7 Å². The molecule has 0 spiro atoms. The number of aliphatic hydroxyl groups is 1. The average Bonchev–Trinajstić information content (AvgIpc) is 3.40. The number of hydrogen-bond acceptors (Lipinski definition) is 7. The molecule has 2 unspecified atom stereocenters. The SMILES string of the molecule is CCCN1CC(Oc2cc(F)ccc2C(=O)N2CC(=N)/C(=C3/N=C(C)C(Cl)=C(C)N3)C2)CC1CO. The summed E-state index contributed by atoms with van der Waals surface area (Å²) in [5.74, 6) is -0.148. The van der Waals surface area contributed by atoms with Crippen molar-refractivity contribution in [2.24, 2.45) is 4.99 Å². The van der Waals surface area contributed by atoms with Crippen LogP contribution >= 0.6 is 11.6 Å². The highest BCUT2D eigenvalue weighted by molar-refractivity contribution is 6.43. The number of allylic oxidation sites excluding steroid dienone is 2. The Hall–Kier alpha value is -2.75. The van der Waals surface area contributed by atoms with Crippen LogP contribution in [0.4, 0.5) is 4.39 Å². The number of nitrogens with one attached hydrogen (secondary N) is 2. The Kier molecular flexibility index (Phi) is 7.59. The molecule has 0 bridgehead atoms. The first-order valence-electron chi connectivity index (χ1n) is 11.8. The van der Waals surface area contributed by atoms with Crippen LogP contribution in [0, 0.1) is 11.2 Å². The minimum Gasteiger partial charge on any atom is -0.488 e. The zero-order valence-electron chi connectivity index (χ0n) is 20.2. The van der Waals surface area contributed by atoms with Gasteiger partial charge < -0.3 is 25.5 Å². The molecule has 188 valence electrons. The van der Waals surface area contributed by atoms with Gasteiger partial charge in [0, 0.05) is 36.3 Å². The monoisotopic (exact) mass is 503 g/mol. The molecule has 0 saturated carbocycles. The van der Waals surface area contributed by atoms with Gasteiger partial charge in [-0.15, -0.1) is 0 Å². The molecule has 4 rings (SSSR count). The number of likely N-dealkylation sites (tertiary alicyclic amines) is 2. The highest BCUT2D eigenvalue weighted by Gasteiger charge is 2.35. The maximum Gasteiger partial charge on any atom is 0.258 e. The number of carbonyl (C=O) groups excluding carboxylic acids is 1. The fraction of sp³-hybridized carbons (Fsp3) is 0.480. The lowest BCUT2D eigenvalue weighted by Gasteiger charge is -2.21. The Morgan fingerprint density at radius 3 is 2.83 bits per heavy atom. The van der Waals surface area contributed by atoms with Crippen molar-refractivity contribution in [3.05, 3.63) is 51.7 Å². The number of benzene rings is 1. The van der Waals surface area contributed by atoms with Crippen LogP contribution in [0.1, 0.15) is 44.0 Å². The van der Waals surface area contributed by atoms with Crippen molar-refractivity contribution >= 4 is 28.9 Å². The van der Waals surface area contributed by atoms with Crippen molar-refractivity contribution in [3.8, 4) is 5.75 Å². The quantitative estimate of drug-likeness (QED) is 0.553. The van der Waals surface area contributed by atoms with Crippen molar-refractivity contribution in [1.29, 1.82) is 5.41 Å². The Labute approximate surface area is 209 Å². The molecular weight excluding hydrogens is 473 g/mol. The standard InChI is InChI=1S/C25H31ClFN5O3/c1-4-7-31-10-18(9-17(31)13-33)35-22-8-16(27)5-6-19(22)25(34)32-11-20(21(28)12-32)24-29-14(2)23(26)15(3)30-24/h5-6,8,17-18,28-29,33H,4,7,9-13H2,1-3H3/b24-20+,28-21?. The normalized spacial score (nSPS) is 25.3. The van der Waals surface area contributed by atoms with Crippen molar-refractivity contribution in [2.75, 3.05) is 32.8 Å². The molecule has 8 nitrogen and oxygen atoms in total. The predicted molar refractivity (Wildman–Crippen MR) is 134 cm³/mol. The summed E-state index contributed by atoms with van der Waals surface area (Å²) in [5, 5.41) is 21.8. The molecule has 2 atom stereocenters. The number of aliphatic imine (C=N–C) groups is 1. The molecule has 2 saturated heterocycles. The van der Waals surface area contributed by atoms with E-state index in [1.165, 1.54) is 23.1 Å². The maximum atomic E-state index is 14.1. The smallest absolute Gasteiger partial charge is 0.258 e. The van der Waals surface area contributed by atoms with Gasteiger partial charge in [-0.1, -0.05) is 18.5 Å². The molecule has 3 aliphatic heterocycles. The van der Waals surface area contributed by atoms with Crippen LogP contribution in [-0.2, 0) is 0 Å². The summed E-state index contributed by atoms with van der Waals surface area (Å²) in [4.78, 5) is 21.6. The lowest BCUT2D eigenvalue weighted by atomic mass is 10.1. The minimum atomic E-state index is -0.494. The molecule has 3 aliphatic rings. The van der Waals surface area contributed by atoms with Gasteiger partial charge in [-0.05, 0) is 38.9 Å². The third-order valence-corrected chi connectivity index (χ3v) is 7.10. The Bertz CT molecular complexity index is 1130. The van der Waals surface area contributed by atoms with Gasteiger partial charge in [0.1, 0.15) is 23.5 Å². The van der Waals surface area contributed by atoms with E-state index in [1.807, 2.05) is 6.92 Å². The molecule has 1 aromatic rings. The molecule has 3 heterocycles. The molecular formula is C25H31ClFN5O3. The minimum absolute atomic E-state index is 0.0149. The van der Waals surface area contributed by atoms with Crippen LogP contribution in [-0.4, -0.2) is 77.2 Å². The van der Waals surface area contributed by atoms with Gasteiger partial charge in [-0.2, -0.15) is 0 Å². The van der Waals surface area contributed by atoms with Crippen LogP contribution in [0.3, 0.4) is 0 Å². The second kappa shape index (κ2) is 10.5. The maximum absolute atomic E-state index is 14.1. The van der Waals surface area contributed by atoms with Crippen LogP contribution in [0.5, 0.6) is 5.75 Å². The van der Waals surface area contributed by atoms with Gasteiger partial charge in [0.05, 0.1) is 41.7 Å². The van der Waals surface area contributed by atoms with Crippen LogP contribution < -0.4 is 10.1 Å². The summed E-state index contributed by atoms with van der Waals surface area (Å²) in [6.07, 6.45) is 1.29. The molecule has 0 aromatic heterocycles. The van der Waals surface area contributed by atoms with E-state index in [1.54, 1.807) is 6.92 Å². The molecule has 0 radical (unpaired) electrons. The van der Waals surface area contributed by atoms with E-state index >= 15 is 0 Å². The second-order valence-corrected chi connectivity index (χ2v) is 9.55. The molecule has 35 heavy (non-hydrogen) atoms. The topological polar surface area (TPSA) is 101 Å². The fourth-order valence-corrected chi connectivity index (χ4v) is 4.87. The number of hydrogen-bond donors (Lipinski definition) is 3. The van der Waals surface area contributed by atoms with E-state index in [2.05, 4.69) is 22.1 Å². The summed E-state index contributed by atoms with van der Waals surface area (Å²) in [6, 6.07) is 3.88. The second-order valence-electron chi connectivity index (χ2n) is 9.18. The summed E-state index contributed by atoms with van der Waals surface area (Å²) in [6.45, 7) is 7.47. The highest BCUT2D eigenvalue weighted by Crippen LogP contribution is 2.30. The van der Waals surface area contributed by atoms with E-state index in [0.29, 0.717) is 35.1 Å². The van der Waals surface area contributed by atoms with Crippen molar-refractivity contribution in [3.63, 3.8) is 0 Å². The van der Waals surface area contributed by atoms with Gasteiger partial charge in [-0.25, -0.2) is 9.38 Å². The largest absolute Gasteiger partial charge is 0.488 e. The van der Waals surface area contributed by atoms with Crippen molar-refractivity contribution in [2.45, 2.75) is 45.8 Å². The third kappa shape index (κ3) is 5.27. The zero-order chi connectivity index (χ0) is 25.3. The van der Waals surface area contributed by atoms with Gasteiger partial charge in [0.15, 0.2) is 0 Å². The van der Waals surface area contributed by atoms with Crippen LogP contribution in [0.25, 0.3) is 0 Å². The van der Waals surface area contributed by atoms with Crippen molar-refractivity contribution in [1.82, 2.24) is 15.1 Å². The Balaban J connectivity index is 1.54. The van der Waals surface area contributed by atoms with Crippen molar-refractivity contribution < 1.29 is 19.0 Å². The summed E-state index contributed by atoms with van der Waals surface area (Å²) >= 11 is 6.21. The van der Waals surface area contributed by atoms with E-state index in [0.717, 1.165) is 18.7 Å². The number of amides is 1. The lowest BCUT2D eigenvalue weighted by Crippen LogP contribution is -2.33. The van der Waals surface area contributed by atoms with E-state index in [-0.39, 0.29) is 54.8 Å². The fourth-order valence-electron chi connectivity index (χ4n) is 4.78. The molecule has 2 fully saturated rings. The number of ether oxygens (including phenoxy) is 1. The first-order chi connectivity index (χ1) is 16.7. The zero-order valence-corrected chi connectivity index (χ0v) is 21.0. The first-order valence-corrected chi connectivity index (χ1v) is 12.2. The molecule has 1 aromatic carbocycles.